The summed E-state index contributed by atoms with van der Waals surface area (Å²) >= 11 is 0. The number of carbonyl (C=O) groups is 1. The predicted octanol–water partition coefficient (Wildman–Crippen LogP) is 3.49. The SMILES string of the molecule is CC1=CC(=O)C=C/C1=C(\c1ccc(O)cc1C)c1ccccc1S(=O)(=O)[O-]. The summed E-state index contributed by atoms with van der Waals surface area (Å²) in [5, 5.41) is 9.74. The van der Waals surface area contributed by atoms with Crippen molar-refractivity contribution in [3.63, 3.8) is 0 Å². The third-order valence-electron chi connectivity index (χ3n) is 4.37. The van der Waals surface area contributed by atoms with Gasteiger partial charge in [-0.05, 0) is 72.0 Å². The van der Waals surface area contributed by atoms with Gasteiger partial charge >= 0.3 is 0 Å². The van der Waals surface area contributed by atoms with Crippen LogP contribution in [0.15, 0.2) is 76.7 Å². The Morgan fingerprint density at radius 2 is 1.70 bits per heavy atom. The average molecular weight is 381 g/mol. The van der Waals surface area contributed by atoms with E-state index in [1.54, 1.807) is 44.2 Å². The normalized spacial score (nSPS) is 16.3. The summed E-state index contributed by atoms with van der Waals surface area (Å²) in [4.78, 5) is 11.4. The summed E-state index contributed by atoms with van der Waals surface area (Å²) in [6.45, 7) is 3.53. The second kappa shape index (κ2) is 6.98. The Morgan fingerprint density at radius 3 is 2.33 bits per heavy atom. The first-order chi connectivity index (χ1) is 12.7. The third kappa shape index (κ3) is 3.77. The number of hydrogen-bond acceptors (Lipinski definition) is 5. The second-order valence-electron chi connectivity index (χ2n) is 6.30. The lowest BCUT2D eigenvalue weighted by atomic mass is 9.85. The highest BCUT2D eigenvalue weighted by molar-refractivity contribution is 7.85. The lowest BCUT2D eigenvalue weighted by Gasteiger charge is -2.21. The minimum Gasteiger partial charge on any atom is -0.744 e. The number of allylic oxidation sites excluding steroid dienone is 5. The van der Waals surface area contributed by atoms with Gasteiger partial charge in [0.1, 0.15) is 15.9 Å². The van der Waals surface area contributed by atoms with E-state index in [0.717, 1.165) is 0 Å². The molecule has 0 fully saturated rings. The fourth-order valence-corrected chi connectivity index (χ4v) is 3.86. The highest BCUT2D eigenvalue weighted by Gasteiger charge is 2.21. The summed E-state index contributed by atoms with van der Waals surface area (Å²) < 4.78 is 35.5. The zero-order valence-electron chi connectivity index (χ0n) is 14.8. The van der Waals surface area contributed by atoms with E-state index in [1.807, 2.05) is 0 Å². The minimum absolute atomic E-state index is 0.0759. The van der Waals surface area contributed by atoms with Gasteiger partial charge in [0.05, 0.1) is 4.90 Å². The summed E-state index contributed by atoms with van der Waals surface area (Å²) in [7, 11) is -4.72. The Bertz CT molecular complexity index is 1130. The molecule has 0 radical (unpaired) electrons. The number of benzene rings is 2. The van der Waals surface area contributed by atoms with Gasteiger partial charge in [0, 0.05) is 5.56 Å². The van der Waals surface area contributed by atoms with Crippen molar-refractivity contribution >= 4 is 21.5 Å². The van der Waals surface area contributed by atoms with E-state index in [-0.39, 0.29) is 22.0 Å². The van der Waals surface area contributed by atoms with Gasteiger partial charge in [-0.2, -0.15) is 0 Å². The van der Waals surface area contributed by atoms with Crippen molar-refractivity contribution in [1.29, 1.82) is 0 Å². The van der Waals surface area contributed by atoms with Gasteiger partial charge in [-0.3, -0.25) is 4.79 Å². The predicted molar refractivity (Wildman–Crippen MR) is 101 cm³/mol. The van der Waals surface area contributed by atoms with Gasteiger partial charge in [0.25, 0.3) is 0 Å². The van der Waals surface area contributed by atoms with Crippen LogP contribution in [-0.2, 0) is 14.9 Å². The molecular weight excluding hydrogens is 364 g/mol. The number of ketones is 1. The second-order valence-corrected chi connectivity index (χ2v) is 7.65. The third-order valence-corrected chi connectivity index (χ3v) is 5.27. The molecule has 0 aromatic heterocycles. The molecule has 138 valence electrons. The summed E-state index contributed by atoms with van der Waals surface area (Å²) in [5.74, 6) is -0.0882. The largest absolute Gasteiger partial charge is 0.744 e. The van der Waals surface area contributed by atoms with Crippen LogP contribution >= 0.6 is 0 Å². The van der Waals surface area contributed by atoms with E-state index in [0.29, 0.717) is 27.8 Å². The molecule has 1 aliphatic rings. The van der Waals surface area contributed by atoms with Crippen molar-refractivity contribution in [3.05, 3.63) is 88.5 Å². The van der Waals surface area contributed by atoms with Gasteiger partial charge in [-0.25, -0.2) is 8.42 Å². The Morgan fingerprint density at radius 1 is 1.00 bits per heavy atom. The van der Waals surface area contributed by atoms with Crippen LogP contribution in [0.5, 0.6) is 5.75 Å². The molecule has 0 bridgehead atoms. The van der Waals surface area contributed by atoms with E-state index >= 15 is 0 Å². The van der Waals surface area contributed by atoms with Gasteiger partial charge in [-0.1, -0.05) is 30.3 Å². The monoisotopic (exact) mass is 381 g/mol. The number of phenols is 1. The molecule has 2 aromatic rings. The van der Waals surface area contributed by atoms with Crippen LogP contribution in [0.2, 0.25) is 0 Å². The molecule has 5 nitrogen and oxygen atoms in total. The van der Waals surface area contributed by atoms with Gasteiger partial charge in [0.2, 0.25) is 0 Å². The highest BCUT2D eigenvalue weighted by Crippen LogP contribution is 2.37. The standard InChI is InChI=1S/C21H18O5S/c1-13-11-15(22)7-9-17(13)21(18-10-8-16(23)12-14(18)2)19-5-3-4-6-20(19)27(24,25)26/h3-12,22H,1-2H3,(H,24,25,26)/p-1/b21-18-. The average Bonchev–Trinajstić information content (AvgIpc) is 2.58. The lowest BCUT2D eigenvalue weighted by molar-refractivity contribution is -0.110. The number of aromatic hydroxyl groups is 1. The Balaban J connectivity index is 2.44. The van der Waals surface area contributed by atoms with Crippen LogP contribution in [0.4, 0.5) is 0 Å². The summed E-state index contributed by atoms with van der Waals surface area (Å²) in [5.41, 5.74) is 3.42. The number of aryl methyl sites for hydroxylation is 1. The molecule has 3 rings (SSSR count). The number of hydrogen-bond donors (Lipinski definition) is 1. The van der Waals surface area contributed by atoms with Crippen molar-refractivity contribution in [2.45, 2.75) is 18.7 Å². The topological polar surface area (TPSA) is 94.5 Å². The maximum Gasteiger partial charge on any atom is 0.178 e. The van der Waals surface area contributed by atoms with E-state index in [1.165, 1.54) is 30.4 Å². The Labute approximate surface area is 157 Å². The van der Waals surface area contributed by atoms with Crippen molar-refractivity contribution in [2.75, 3.05) is 0 Å². The van der Waals surface area contributed by atoms with E-state index < -0.39 is 10.1 Å². The highest BCUT2D eigenvalue weighted by atomic mass is 32.2. The smallest absolute Gasteiger partial charge is 0.178 e. The zero-order valence-corrected chi connectivity index (χ0v) is 15.6. The van der Waals surface area contributed by atoms with E-state index in [4.69, 9.17) is 0 Å². The molecule has 0 atom stereocenters. The van der Waals surface area contributed by atoms with Crippen molar-refractivity contribution in [3.8, 4) is 5.75 Å². The quantitative estimate of drug-likeness (QED) is 0.821. The fraction of sp³-hybridized carbons (Fsp3) is 0.0952. The molecule has 0 saturated carbocycles. The number of phenolic OH excluding ortho intramolecular Hbond substituents is 1. The minimum atomic E-state index is -4.72. The van der Waals surface area contributed by atoms with Gasteiger partial charge < -0.3 is 9.66 Å². The molecule has 0 saturated heterocycles. The van der Waals surface area contributed by atoms with Crippen molar-refractivity contribution < 1.29 is 22.9 Å². The molecule has 0 heterocycles. The maximum atomic E-state index is 11.8. The first kappa shape index (κ1) is 18.8. The van der Waals surface area contributed by atoms with E-state index in [2.05, 4.69) is 0 Å². The van der Waals surface area contributed by atoms with Crippen molar-refractivity contribution in [1.82, 2.24) is 0 Å². The van der Waals surface area contributed by atoms with Crippen LogP contribution in [0.1, 0.15) is 23.6 Å². The van der Waals surface area contributed by atoms with Crippen molar-refractivity contribution in [2.24, 2.45) is 0 Å². The first-order valence-corrected chi connectivity index (χ1v) is 9.59. The Kier molecular flexibility index (Phi) is 4.87. The molecule has 0 spiro atoms. The molecule has 2 aromatic carbocycles. The summed E-state index contributed by atoms with van der Waals surface area (Å²) in [6, 6.07) is 10.7. The van der Waals surface area contributed by atoms with E-state index in [9.17, 15) is 22.9 Å². The molecule has 27 heavy (non-hydrogen) atoms. The van der Waals surface area contributed by atoms with Crippen LogP contribution in [0.25, 0.3) is 5.57 Å². The molecular formula is C21H17O5S-. The molecule has 1 aliphatic carbocycles. The van der Waals surface area contributed by atoms with Gasteiger partial charge in [-0.15, -0.1) is 0 Å². The maximum absolute atomic E-state index is 11.8. The fourth-order valence-electron chi connectivity index (χ4n) is 3.17. The van der Waals surface area contributed by atoms with Crippen LogP contribution < -0.4 is 0 Å². The molecule has 6 heteroatoms. The molecule has 0 amide bonds. The number of rotatable bonds is 3. The zero-order chi connectivity index (χ0) is 19.8. The van der Waals surface area contributed by atoms with Crippen LogP contribution in [0, 0.1) is 6.92 Å². The first-order valence-electron chi connectivity index (χ1n) is 8.19. The molecule has 1 N–H and O–H groups in total. The van der Waals surface area contributed by atoms with Crippen LogP contribution in [-0.4, -0.2) is 23.9 Å². The van der Waals surface area contributed by atoms with Crippen LogP contribution in [0.3, 0.4) is 0 Å². The summed E-state index contributed by atoms with van der Waals surface area (Å²) in [6.07, 6.45) is 4.47. The van der Waals surface area contributed by atoms with Gasteiger partial charge in [0.15, 0.2) is 5.78 Å². The molecule has 0 unspecified atom stereocenters. The number of carbonyl (C=O) groups excluding carboxylic acids is 1. The molecule has 0 aliphatic heterocycles. The Hall–Kier alpha value is -2.96. The lowest BCUT2D eigenvalue weighted by Crippen LogP contribution is -2.07.